The molecule has 0 rings (SSSR count). The Kier molecular flexibility index (Phi) is 24.7. The number of hydrogen-bond donors (Lipinski definition) is 3. The van der Waals surface area contributed by atoms with Crippen LogP contribution in [0.1, 0.15) is 123 Å². The molecule has 0 aromatic heterocycles. The molecular weight excluding hydrogens is 376 g/mol. The first-order chi connectivity index (χ1) is 14.2. The Bertz CT molecular complexity index is 301. The van der Waals surface area contributed by atoms with Crippen LogP contribution in [0.3, 0.4) is 0 Å². The van der Waals surface area contributed by atoms with Gasteiger partial charge in [-0.25, -0.2) is 0 Å². The van der Waals surface area contributed by atoms with Crippen molar-refractivity contribution in [1.29, 1.82) is 0 Å². The van der Waals surface area contributed by atoms with Gasteiger partial charge in [-0.3, -0.25) is 5.32 Å². The number of thiol groups is 1. The molecule has 0 saturated heterocycles. The van der Waals surface area contributed by atoms with Gasteiger partial charge in [0.2, 0.25) is 0 Å². The van der Waals surface area contributed by atoms with Gasteiger partial charge in [0.05, 0.1) is 0 Å². The second-order valence-electron chi connectivity index (χ2n) is 8.67. The predicted octanol–water partition coefficient (Wildman–Crippen LogP) is 6.80. The average molecular weight is 431 g/mol. The molecule has 2 N–H and O–H groups in total. The molecule has 0 spiro atoms. The van der Waals surface area contributed by atoms with E-state index in [-0.39, 0.29) is 6.23 Å². The maximum absolute atomic E-state index is 9.92. The summed E-state index contributed by atoms with van der Waals surface area (Å²) in [5, 5.41) is 13.1. The lowest BCUT2D eigenvalue weighted by Crippen LogP contribution is -2.29. The Morgan fingerprint density at radius 3 is 1.59 bits per heavy atom. The van der Waals surface area contributed by atoms with E-state index in [1.54, 1.807) is 0 Å². The van der Waals surface area contributed by atoms with Gasteiger partial charge in [0.25, 0.3) is 0 Å². The van der Waals surface area contributed by atoms with Crippen molar-refractivity contribution < 1.29 is 5.11 Å². The van der Waals surface area contributed by atoms with E-state index in [1.807, 2.05) is 0 Å². The van der Waals surface area contributed by atoms with Crippen LogP contribution in [0, 0.1) is 0 Å². The minimum Gasteiger partial charge on any atom is -0.379 e. The number of nitrogens with zero attached hydrogens (tertiary/aromatic N) is 1. The van der Waals surface area contributed by atoms with E-state index in [9.17, 15) is 5.11 Å². The van der Waals surface area contributed by atoms with Crippen LogP contribution in [-0.2, 0) is 0 Å². The van der Waals surface area contributed by atoms with Gasteiger partial charge < -0.3 is 10.0 Å². The maximum atomic E-state index is 9.92. The van der Waals surface area contributed by atoms with Gasteiger partial charge in [-0.05, 0) is 64.0 Å². The first kappa shape index (κ1) is 29.2. The largest absolute Gasteiger partial charge is 0.379 e. The summed E-state index contributed by atoms with van der Waals surface area (Å²) in [5.74, 6) is 0.972. The fraction of sp³-hybridized carbons (Fsp3) is 1.00. The third-order valence-corrected chi connectivity index (χ3v) is 6.38. The lowest BCUT2D eigenvalue weighted by Gasteiger charge is -2.17. The molecule has 0 amide bonds. The van der Waals surface area contributed by atoms with E-state index >= 15 is 0 Å². The highest BCUT2D eigenvalue weighted by atomic mass is 32.1. The zero-order valence-electron chi connectivity index (χ0n) is 20.0. The van der Waals surface area contributed by atoms with E-state index in [1.165, 1.54) is 110 Å². The smallest absolute Gasteiger partial charge is 0.104 e. The Labute approximate surface area is 189 Å². The van der Waals surface area contributed by atoms with Crippen LogP contribution >= 0.6 is 12.6 Å². The summed E-state index contributed by atoms with van der Waals surface area (Å²) in [6, 6.07) is 0. The molecule has 0 radical (unpaired) electrons. The molecule has 1 unspecified atom stereocenters. The maximum Gasteiger partial charge on any atom is 0.104 e. The van der Waals surface area contributed by atoms with Gasteiger partial charge in [-0.15, -0.1) is 0 Å². The van der Waals surface area contributed by atoms with Crippen LogP contribution in [0.2, 0.25) is 0 Å². The lowest BCUT2D eigenvalue weighted by molar-refractivity contribution is 0.124. The molecule has 0 heterocycles. The molecule has 3 nitrogen and oxygen atoms in total. The third-order valence-electron chi connectivity index (χ3n) is 6.06. The van der Waals surface area contributed by atoms with Crippen LogP contribution in [0.4, 0.5) is 0 Å². The average Bonchev–Trinajstić information content (AvgIpc) is 2.73. The summed E-state index contributed by atoms with van der Waals surface area (Å²) in [6.45, 7) is 9.16. The van der Waals surface area contributed by atoms with Crippen molar-refractivity contribution in [2.24, 2.45) is 0 Å². The Balaban J connectivity index is 3.15. The van der Waals surface area contributed by atoms with Crippen molar-refractivity contribution in [2.45, 2.75) is 129 Å². The Morgan fingerprint density at radius 1 is 0.655 bits per heavy atom. The summed E-state index contributed by atoms with van der Waals surface area (Å²) in [4.78, 5) is 2.53. The van der Waals surface area contributed by atoms with Crippen LogP contribution < -0.4 is 5.32 Å². The molecule has 0 aliphatic heterocycles. The number of hydrogen-bond acceptors (Lipinski definition) is 4. The van der Waals surface area contributed by atoms with Gasteiger partial charge in [-0.1, -0.05) is 90.9 Å². The van der Waals surface area contributed by atoms with E-state index in [2.05, 4.69) is 36.7 Å². The van der Waals surface area contributed by atoms with Crippen molar-refractivity contribution in [3.05, 3.63) is 0 Å². The summed E-state index contributed by atoms with van der Waals surface area (Å²) in [7, 11) is 0. The number of aliphatic hydroxyl groups excluding tert-OH is 1. The summed E-state index contributed by atoms with van der Waals surface area (Å²) in [5.41, 5.74) is 0. The minimum atomic E-state index is -0.303. The van der Waals surface area contributed by atoms with Crippen LogP contribution in [0.5, 0.6) is 0 Å². The fourth-order valence-corrected chi connectivity index (χ4v) is 4.17. The van der Waals surface area contributed by atoms with E-state index in [0.29, 0.717) is 0 Å². The third kappa shape index (κ3) is 22.7. The zero-order chi connectivity index (χ0) is 21.4. The summed E-state index contributed by atoms with van der Waals surface area (Å²) < 4.78 is 0. The molecule has 4 heteroatoms. The predicted molar refractivity (Wildman–Crippen MR) is 134 cm³/mol. The molecule has 0 aliphatic carbocycles. The van der Waals surface area contributed by atoms with Crippen molar-refractivity contribution in [3.63, 3.8) is 0 Å². The molecule has 0 aromatic rings. The molecule has 0 aromatic carbocycles. The first-order valence-electron chi connectivity index (χ1n) is 13.0. The number of rotatable bonds is 24. The molecular formula is C25H54N2OS. The van der Waals surface area contributed by atoms with Crippen molar-refractivity contribution in [1.82, 2.24) is 10.2 Å². The van der Waals surface area contributed by atoms with Gasteiger partial charge in [0, 0.05) is 0 Å². The Morgan fingerprint density at radius 2 is 1.10 bits per heavy atom. The van der Waals surface area contributed by atoms with Gasteiger partial charge in [0.15, 0.2) is 0 Å². The highest BCUT2D eigenvalue weighted by Gasteiger charge is 2.02. The second-order valence-corrected chi connectivity index (χ2v) is 9.11. The lowest BCUT2D eigenvalue weighted by atomic mass is 10.0. The quantitative estimate of drug-likeness (QED) is 0.0895. The van der Waals surface area contributed by atoms with Gasteiger partial charge >= 0.3 is 0 Å². The molecule has 1 atom stereocenters. The number of unbranched alkanes of at least 4 members (excludes halogenated alkanes) is 14. The van der Waals surface area contributed by atoms with E-state index in [0.717, 1.165) is 31.6 Å². The zero-order valence-corrected chi connectivity index (χ0v) is 20.9. The molecule has 0 fully saturated rings. The number of aliphatic hydroxyl groups is 1. The SMILES string of the molecule is CCN(CC)CCCCCCCCCCCCCCCC(O)NCCCCCS. The standard InChI is InChI=1S/C25H54N2OS/c1-3-27(4-2)23-19-15-13-11-9-7-5-6-8-10-12-14-17-21-25(28)26-22-18-16-20-24-29/h25-26,28-29H,3-24H2,1-2H3. The van der Waals surface area contributed by atoms with Crippen molar-refractivity contribution in [2.75, 3.05) is 31.9 Å². The van der Waals surface area contributed by atoms with E-state index < -0.39 is 0 Å². The summed E-state index contributed by atoms with van der Waals surface area (Å²) in [6.07, 6.45) is 22.0. The molecule has 0 saturated carbocycles. The molecule has 176 valence electrons. The molecule has 29 heavy (non-hydrogen) atoms. The van der Waals surface area contributed by atoms with Crippen LogP contribution in [0.25, 0.3) is 0 Å². The van der Waals surface area contributed by atoms with Gasteiger partial charge in [0.1, 0.15) is 6.23 Å². The molecule has 0 bridgehead atoms. The van der Waals surface area contributed by atoms with Crippen molar-refractivity contribution in [3.8, 4) is 0 Å². The first-order valence-corrected chi connectivity index (χ1v) is 13.6. The monoisotopic (exact) mass is 430 g/mol. The van der Waals surface area contributed by atoms with Crippen molar-refractivity contribution >= 4 is 12.6 Å². The van der Waals surface area contributed by atoms with E-state index in [4.69, 9.17) is 0 Å². The van der Waals surface area contributed by atoms with Gasteiger partial charge in [-0.2, -0.15) is 12.6 Å². The second kappa shape index (κ2) is 24.5. The topological polar surface area (TPSA) is 35.5 Å². The minimum absolute atomic E-state index is 0.303. The highest BCUT2D eigenvalue weighted by Crippen LogP contribution is 2.13. The molecule has 0 aliphatic rings. The number of nitrogens with one attached hydrogen (secondary N) is 1. The fourth-order valence-electron chi connectivity index (χ4n) is 3.94. The van der Waals surface area contributed by atoms with Crippen LogP contribution in [0.15, 0.2) is 0 Å². The summed E-state index contributed by atoms with van der Waals surface area (Å²) >= 11 is 4.22. The highest BCUT2D eigenvalue weighted by molar-refractivity contribution is 7.80. The normalized spacial score (nSPS) is 12.7. The van der Waals surface area contributed by atoms with Crippen LogP contribution in [-0.4, -0.2) is 48.2 Å². The Hall–Kier alpha value is 0.230.